The highest BCUT2D eigenvalue weighted by Crippen LogP contribution is 2.22. The summed E-state index contributed by atoms with van der Waals surface area (Å²) >= 11 is 0. The van der Waals surface area contributed by atoms with Crippen LogP contribution < -0.4 is 5.32 Å². The topological polar surface area (TPSA) is 38.3 Å². The molecule has 1 fully saturated rings. The van der Waals surface area contributed by atoms with Crippen molar-refractivity contribution in [3.8, 4) is 0 Å². The van der Waals surface area contributed by atoms with E-state index in [4.69, 9.17) is 4.74 Å². The molecule has 0 amide bonds. The van der Waals surface area contributed by atoms with E-state index < -0.39 is 0 Å². The fourth-order valence-corrected chi connectivity index (χ4v) is 2.29. The van der Waals surface area contributed by atoms with Gasteiger partial charge in [0.25, 0.3) is 0 Å². The smallest absolute Gasteiger partial charge is 0.310 e. The molecule has 0 saturated carbocycles. The molecule has 2 rings (SSSR count). The molecule has 0 bridgehead atoms. The lowest BCUT2D eigenvalue weighted by Gasteiger charge is -2.16. The number of carbonyl (C=O) groups is 1. The molecular weight excluding hydrogens is 202 g/mol. The molecule has 0 radical (unpaired) electrons. The van der Waals surface area contributed by atoms with Crippen LogP contribution in [0.2, 0.25) is 0 Å². The third-order valence-electron chi connectivity index (χ3n) is 3.18. The van der Waals surface area contributed by atoms with Gasteiger partial charge in [-0.25, -0.2) is 0 Å². The van der Waals surface area contributed by atoms with Crippen LogP contribution >= 0.6 is 0 Å². The second kappa shape index (κ2) is 5.12. The van der Waals surface area contributed by atoms with Crippen molar-refractivity contribution in [3.63, 3.8) is 0 Å². The Morgan fingerprint density at radius 3 is 2.81 bits per heavy atom. The van der Waals surface area contributed by atoms with E-state index in [-0.39, 0.29) is 11.9 Å². The summed E-state index contributed by atoms with van der Waals surface area (Å²) in [5, 5.41) is 3.26. The van der Waals surface area contributed by atoms with Crippen LogP contribution in [0.3, 0.4) is 0 Å². The molecule has 0 aliphatic carbocycles. The molecule has 1 heterocycles. The molecule has 1 aliphatic rings. The van der Waals surface area contributed by atoms with Crippen LogP contribution in [0.1, 0.15) is 5.56 Å². The highest BCUT2D eigenvalue weighted by molar-refractivity contribution is 5.73. The van der Waals surface area contributed by atoms with Crippen molar-refractivity contribution in [2.45, 2.75) is 6.42 Å². The summed E-state index contributed by atoms with van der Waals surface area (Å²) in [5.41, 5.74) is 1.28. The van der Waals surface area contributed by atoms with Gasteiger partial charge >= 0.3 is 5.97 Å². The second-order valence-electron chi connectivity index (χ2n) is 4.24. The summed E-state index contributed by atoms with van der Waals surface area (Å²) in [7, 11) is 1.46. The van der Waals surface area contributed by atoms with Crippen molar-refractivity contribution in [2.24, 2.45) is 11.8 Å². The molecule has 1 saturated heterocycles. The molecule has 0 aromatic heterocycles. The fraction of sp³-hybridized carbons (Fsp3) is 0.462. The minimum absolute atomic E-state index is 0.00482. The minimum Gasteiger partial charge on any atom is -0.469 e. The van der Waals surface area contributed by atoms with E-state index in [2.05, 4.69) is 17.4 Å². The predicted octanol–water partition coefficient (Wildman–Crippen LogP) is 1.24. The van der Waals surface area contributed by atoms with E-state index in [0.29, 0.717) is 5.92 Å². The van der Waals surface area contributed by atoms with Gasteiger partial charge in [-0.1, -0.05) is 30.3 Å². The van der Waals surface area contributed by atoms with Gasteiger partial charge < -0.3 is 10.1 Å². The maximum absolute atomic E-state index is 11.6. The highest BCUT2D eigenvalue weighted by Gasteiger charge is 2.33. The van der Waals surface area contributed by atoms with Crippen LogP contribution in [0.15, 0.2) is 30.3 Å². The lowest BCUT2D eigenvalue weighted by atomic mass is 9.90. The monoisotopic (exact) mass is 219 g/mol. The van der Waals surface area contributed by atoms with Crippen LogP contribution in [0, 0.1) is 11.8 Å². The molecule has 3 nitrogen and oxygen atoms in total. The van der Waals surface area contributed by atoms with Gasteiger partial charge in [0.2, 0.25) is 0 Å². The van der Waals surface area contributed by atoms with E-state index in [1.165, 1.54) is 12.7 Å². The summed E-state index contributed by atoms with van der Waals surface area (Å²) in [4.78, 5) is 11.6. The molecule has 2 atom stereocenters. The number of hydrogen-bond acceptors (Lipinski definition) is 3. The third kappa shape index (κ3) is 2.42. The van der Waals surface area contributed by atoms with Gasteiger partial charge in [-0.2, -0.15) is 0 Å². The number of carbonyl (C=O) groups excluding carboxylic acids is 1. The number of rotatable bonds is 3. The quantitative estimate of drug-likeness (QED) is 0.777. The molecule has 1 aromatic carbocycles. The normalized spacial score (nSPS) is 24.3. The van der Waals surface area contributed by atoms with Gasteiger partial charge in [0.15, 0.2) is 0 Å². The SMILES string of the molecule is COC(=O)[C@H]1CNC[C@@H]1Cc1ccccc1. The standard InChI is InChI=1S/C13H17NO2/c1-16-13(15)12-9-14-8-11(12)7-10-5-3-2-4-6-10/h2-6,11-12,14H,7-9H2,1H3/t11-,12-/m0/s1. The average Bonchev–Trinajstić information content (AvgIpc) is 2.77. The van der Waals surface area contributed by atoms with Crippen LogP contribution in [0.25, 0.3) is 0 Å². The first-order chi connectivity index (χ1) is 7.81. The summed E-state index contributed by atoms with van der Waals surface area (Å²) in [5.74, 6) is 0.269. The van der Waals surface area contributed by atoms with E-state index >= 15 is 0 Å². The zero-order valence-corrected chi connectivity index (χ0v) is 9.48. The Labute approximate surface area is 95.8 Å². The van der Waals surface area contributed by atoms with Crippen molar-refractivity contribution in [1.82, 2.24) is 5.32 Å². The van der Waals surface area contributed by atoms with Gasteiger partial charge in [-0.3, -0.25) is 4.79 Å². The zero-order chi connectivity index (χ0) is 11.4. The number of benzene rings is 1. The van der Waals surface area contributed by atoms with E-state index in [9.17, 15) is 4.79 Å². The molecule has 1 N–H and O–H groups in total. The Bertz CT molecular complexity index is 350. The summed E-state index contributed by atoms with van der Waals surface area (Å²) in [6, 6.07) is 10.3. The summed E-state index contributed by atoms with van der Waals surface area (Å²) in [6.07, 6.45) is 0.938. The minimum atomic E-state index is -0.0917. The number of nitrogens with one attached hydrogen (secondary N) is 1. The lowest BCUT2D eigenvalue weighted by Crippen LogP contribution is -2.25. The molecule has 0 spiro atoms. The lowest BCUT2D eigenvalue weighted by molar-refractivity contribution is -0.146. The maximum Gasteiger partial charge on any atom is 0.310 e. The van der Waals surface area contributed by atoms with Crippen molar-refractivity contribution in [2.75, 3.05) is 20.2 Å². The van der Waals surface area contributed by atoms with Gasteiger partial charge in [-0.05, 0) is 24.4 Å². The predicted molar refractivity (Wildman–Crippen MR) is 62.0 cm³/mol. The average molecular weight is 219 g/mol. The van der Waals surface area contributed by atoms with Crippen molar-refractivity contribution in [1.29, 1.82) is 0 Å². The van der Waals surface area contributed by atoms with E-state index in [1.54, 1.807) is 0 Å². The number of hydrogen-bond donors (Lipinski definition) is 1. The zero-order valence-electron chi connectivity index (χ0n) is 9.48. The molecule has 1 aliphatic heterocycles. The number of ether oxygens (including phenoxy) is 1. The fourth-order valence-electron chi connectivity index (χ4n) is 2.29. The Morgan fingerprint density at radius 2 is 2.12 bits per heavy atom. The maximum atomic E-state index is 11.6. The number of methoxy groups -OCH3 is 1. The highest BCUT2D eigenvalue weighted by atomic mass is 16.5. The van der Waals surface area contributed by atoms with Gasteiger partial charge in [0.05, 0.1) is 13.0 Å². The Kier molecular flexibility index (Phi) is 3.57. The van der Waals surface area contributed by atoms with Gasteiger partial charge in [-0.15, -0.1) is 0 Å². The Balaban J connectivity index is 2.01. The Hall–Kier alpha value is -1.35. The first kappa shape index (κ1) is 11.1. The summed E-state index contributed by atoms with van der Waals surface area (Å²) in [6.45, 7) is 1.64. The third-order valence-corrected chi connectivity index (χ3v) is 3.18. The van der Waals surface area contributed by atoms with Gasteiger partial charge in [0, 0.05) is 6.54 Å². The van der Waals surface area contributed by atoms with E-state index in [0.717, 1.165) is 19.5 Å². The Morgan fingerprint density at radius 1 is 1.38 bits per heavy atom. The van der Waals surface area contributed by atoms with Crippen molar-refractivity contribution < 1.29 is 9.53 Å². The molecule has 1 aromatic rings. The molecule has 86 valence electrons. The van der Waals surface area contributed by atoms with Crippen molar-refractivity contribution >= 4 is 5.97 Å². The summed E-state index contributed by atoms with van der Waals surface area (Å²) < 4.78 is 4.82. The number of esters is 1. The van der Waals surface area contributed by atoms with Crippen LogP contribution in [-0.2, 0) is 16.0 Å². The molecule has 3 heteroatoms. The molecular formula is C13H17NO2. The largest absolute Gasteiger partial charge is 0.469 e. The van der Waals surface area contributed by atoms with Gasteiger partial charge in [0.1, 0.15) is 0 Å². The molecule has 0 unspecified atom stereocenters. The van der Waals surface area contributed by atoms with Crippen LogP contribution in [-0.4, -0.2) is 26.2 Å². The van der Waals surface area contributed by atoms with Crippen LogP contribution in [0.4, 0.5) is 0 Å². The van der Waals surface area contributed by atoms with E-state index in [1.807, 2.05) is 18.2 Å². The van der Waals surface area contributed by atoms with Crippen molar-refractivity contribution in [3.05, 3.63) is 35.9 Å². The molecule has 16 heavy (non-hydrogen) atoms. The first-order valence-corrected chi connectivity index (χ1v) is 5.63. The second-order valence-corrected chi connectivity index (χ2v) is 4.24. The van der Waals surface area contributed by atoms with Crippen LogP contribution in [0.5, 0.6) is 0 Å². The first-order valence-electron chi connectivity index (χ1n) is 5.63.